The summed E-state index contributed by atoms with van der Waals surface area (Å²) < 4.78 is 5.92. The van der Waals surface area contributed by atoms with Crippen LogP contribution in [0.5, 0.6) is 0 Å². The molecule has 2 aliphatic heterocycles. The van der Waals surface area contributed by atoms with Gasteiger partial charge in [-0.15, -0.1) is 0 Å². The average Bonchev–Trinajstić information content (AvgIpc) is 3.26. The predicted molar refractivity (Wildman–Crippen MR) is 143 cm³/mol. The van der Waals surface area contributed by atoms with Crippen molar-refractivity contribution in [3.63, 3.8) is 0 Å². The van der Waals surface area contributed by atoms with E-state index in [2.05, 4.69) is 45.4 Å². The predicted octanol–water partition coefficient (Wildman–Crippen LogP) is 5.30. The first kappa shape index (κ1) is 25.0. The third-order valence-corrected chi connectivity index (χ3v) is 7.75. The van der Waals surface area contributed by atoms with Gasteiger partial charge in [-0.05, 0) is 75.5 Å². The van der Waals surface area contributed by atoms with Gasteiger partial charge in [0.15, 0.2) is 0 Å². The molecule has 2 aliphatic rings. The number of nitrogens with zero attached hydrogens (tertiary/aromatic N) is 3. The number of carbonyl (C=O) groups is 1. The van der Waals surface area contributed by atoms with Crippen LogP contribution in [0.1, 0.15) is 42.7 Å². The van der Waals surface area contributed by atoms with E-state index in [4.69, 9.17) is 21.0 Å². The molecule has 6 nitrogen and oxygen atoms in total. The Kier molecular flexibility index (Phi) is 8.05. The molecule has 1 amide bonds. The SMILES string of the molecule is Cc1oc(-c2ccc(Cl)cc2)nc1CN1CCC(C(=O)NC2CCN(Cc3ccccc3)CC2)CC1. The lowest BCUT2D eigenvalue weighted by Crippen LogP contribution is -2.47. The summed E-state index contributed by atoms with van der Waals surface area (Å²) in [5, 5.41) is 4.05. The summed E-state index contributed by atoms with van der Waals surface area (Å²) in [5.74, 6) is 1.81. The van der Waals surface area contributed by atoms with Crippen molar-refractivity contribution in [2.45, 2.75) is 51.7 Å². The van der Waals surface area contributed by atoms with E-state index in [-0.39, 0.29) is 11.8 Å². The molecular weight excluding hydrogens is 472 g/mol. The summed E-state index contributed by atoms with van der Waals surface area (Å²) in [6, 6.07) is 18.5. The highest BCUT2D eigenvalue weighted by Gasteiger charge is 2.28. The van der Waals surface area contributed by atoms with Gasteiger partial charge in [-0.2, -0.15) is 0 Å². The molecule has 0 saturated carbocycles. The quantitative estimate of drug-likeness (QED) is 0.471. The molecule has 3 heterocycles. The van der Waals surface area contributed by atoms with Crippen LogP contribution in [0.4, 0.5) is 0 Å². The van der Waals surface area contributed by atoms with Gasteiger partial charge in [0.2, 0.25) is 11.8 Å². The number of nitrogens with one attached hydrogen (secondary N) is 1. The minimum absolute atomic E-state index is 0.103. The molecule has 0 unspecified atom stereocenters. The number of benzene rings is 2. The van der Waals surface area contributed by atoms with Gasteiger partial charge in [0.1, 0.15) is 5.76 Å². The number of aromatic nitrogens is 1. The fourth-order valence-electron chi connectivity index (χ4n) is 5.25. The zero-order chi connectivity index (χ0) is 24.9. The van der Waals surface area contributed by atoms with E-state index in [0.29, 0.717) is 17.0 Å². The largest absolute Gasteiger partial charge is 0.441 e. The Hall–Kier alpha value is -2.67. The zero-order valence-corrected chi connectivity index (χ0v) is 21.7. The second-order valence-corrected chi connectivity index (χ2v) is 10.6. The smallest absolute Gasteiger partial charge is 0.226 e. The minimum Gasteiger partial charge on any atom is -0.441 e. The second-order valence-electron chi connectivity index (χ2n) is 10.1. The van der Waals surface area contributed by atoms with Crippen molar-refractivity contribution >= 4 is 17.5 Å². The van der Waals surface area contributed by atoms with Crippen LogP contribution in [0, 0.1) is 12.8 Å². The molecule has 1 N–H and O–H groups in total. The van der Waals surface area contributed by atoms with Gasteiger partial charge in [-0.1, -0.05) is 41.9 Å². The number of carbonyl (C=O) groups excluding carboxylic acids is 1. The first-order chi connectivity index (χ1) is 17.5. The van der Waals surface area contributed by atoms with Crippen molar-refractivity contribution in [3.8, 4) is 11.5 Å². The van der Waals surface area contributed by atoms with Gasteiger partial charge in [-0.25, -0.2) is 4.98 Å². The number of oxazole rings is 1. The highest BCUT2D eigenvalue weighted by atomic mass is 35.5. The molecule has 3 aromatic rings. The minimum atomic E-state index is 0.103. The molecule has 2 fully saturated rings. The Morgan fingerprint density at radius 3 is 2.28 bits per heavy atom. The van der Waals surface area contributed by atoms with Crippen LogP contribution in [-0.4, -0.2) is 52.9 Å². The van der Waals surface area contributed by atoms with Crippen LogP contribution >= 0.6 is 11.6 Å². The molecule has 2 saturated heterocycles. The number of amides is 1. The number of likely N-dealkylation sites (tertiary alicyclic amines) is 2. The van der Waals surface area contributed by atoms with Gasteiger partial charge in [-0.3, -0.25) is 14.6 Å². The lowest BCUT2D eigenvalue weighted by atomic mass is 9.94. The fraction of sp³-hybridized carbons (Fsp3) is 0.448. The van der Waals surface area contributed by atoms with Gasteiger partial charge in [0.25, 0.3) is 0 Å². The molecule has 36 heavy (non-hydrogen) atoms. The standard InChI is InChI=1S/C29H35ClN4O2/c1-21-27(32-29(36-21)24-7-9-25(30)10-8-24)20-34-15-11-23(12-16-34)28(35)31-26-13-17-33(18-14-26)19-22-5-3-2-4-6-22/h2-10,23,26H,11-20H2,1H3,(H,31,35). The lowest BCUT2D eigenvalue weighted by molar-refractivity contribution is -0.127. The average molecular weight is 507 g/mol. The molecule has 0 spiro atoms. The molecule has 1 aromatic heterocycles. The Morgan fingerprint density at radius 2 is 1.58 bits per heavy atom. The van der Waals surface area contributed by atoms with Crippen LogP contribution in [0.2, 0.25) is 5.02 Å². The van der Waals surface area contributed by atoms with E-state index in [9.17, 15) is 4.79 Å². The zero-order valence-electron chi connectivity index (χ0n) is 21.0. The van der Waals surface area contributed by atoms with Crippen LogP contribution in [-0.2, 0) is 17.9 Å². The summed E-state index contributed by atoms with van der Waals surface area (Å²) in [6.07, 6.45) is 3.83. The first-order valence-corrected chi connectivity index (χ1v) is 13.4. The second kappa shape index (κ2) is 11.6. The number of rotatable bonds is 7. The number of aryl methyl sites for hydroxylation is 1. The van der Waals surface area contributed by atoms with Crippen LogP contribution in [0.25, 0.3) is 11.5 Å². The Morgan fingerprint density at radius 1 is 0.944 bits per heavy atom. The van der Waals surface area contributed by atoms with E-state index < -0.39 is 0 Å². The van der Waals surface area contributed by atoms with Crippen molar-refractivity contribution in [2.24, 2.45) is 5.92 Å². The van der Waals surface area contributed by atoms with Crippen molar-refractivity contribution in [2.75, 3.05) is 26.2 Å². The fourth-order valence-corrected chi connectivity index (χ4v) is 5.38. The summed E-state index contributed by atoms with van der Waals surface area (Å²) >= 11 is 6.00. The van der Waals surface area contributed by atoms with Crippen LogP contribution in [0.15, 0.2) is 59.0 Å². The van der Waals surface area contributed by atoms with Crippen molar-refractivity contribution < 1.29 is 9.21 Å². The maximum absolute atomic E-state index is 13.0. The summed E-state index contributed by atoms with van der Waals surface area (Å²) in [5.41, 5.74) is 3.24. The molecule has 7 heteroatoms. The third kappa shape index (κ3) is 6.36. The lowest BCUT2D eigenvalue weighted by Gasteiger charge is -2.35. The molecule has 2 aromatic carbocycles. The topological polar surface area (TPSA) is 61.6 Å². The Balaban J connectivity index is 1.05. The van der Waals surface area contributed by atoms with E-state index >= 15 is 0 Å². The van der Waals surface area contributed by atoms with Crippen molar-refractivity contribution in [1.29, 1.82) is 0 Å². The van der Waals surface area contributed by atoms with Crippen LogP contribution in [0.3, 0.4) is 0 Å². The highest BCUT2D eigenvalue weighted by molar-refractivity contribution is 6.30. The highest BCUT2D eigenvalue weighted by Crippen LogP contribution is 2.26. The Bertz CT molecular complexity index is 1130. The normalized spacial score (nSPS) is 18.4. The van der Waals surface area contributed by atoms with Crippen molar-refractivity contribution in [3.05, 3.63) is 76.6 Å². The molecule has 5 rings (SSSR count). The van der Waals surface area contributed by atoms with E-state index in [1.165, 1.54) is 5.56 Å². The maximum atomic E-state index is 13.0. The summed E-state index contributed by atoms with van der Waals surface area (Å²) in [4.78, 5) is 22.6. The van der Waals surface area contributed by atoms with E-state index in [1.807, 2.05) is 31.2 Å². The molecule has 0 aliphatic carbocycles. The molecular formula is C29H35ClN4O2. The number of hydrogen-bond donors (Lipinski definition) is 1. The first-order valence-electron chi connectivity index (χ1n) is 13.0. The maximum Gasteiger partial charge on any atom is 0.226 e. The number of hydrogen-bond acceptors (Lipinski definition) is 5. The molecule has 190 valence electrons. The van der Waals surface area contributed by atoms with Gasteiger partial charge in [0, 0.05) is 48.7 Å². The Labute approximate surface area is 218 Å². The third-order valence-electron chi connectivity index (χ3n) is 7.50. The van der Waals surface area contributed by atoms with E-state index in [1.54, 1.807) is 0 Å². The van der Waals surface area contributed by atoms with Crippen molar-refractivity contribution in [1.82, 2.24) is 20.1 Å². The van der Waals surface area contributed by atoms with Gasteiger partial charge >= 0.3 is 0 Å². The van der Waals surface area contributed by atoms with Gasteiger partial charge in [0.05, 0.1) is 5.69 Å². The monoisotopic (exact) mass is 506 g/mol. The molecule has 0 atom stereocenters. The molecule has 0 bridgehead atoms. The summed E-state index contributed by atoms with van der Waals surface area (Å²) in [7, 11) is 0. The molecule has 0 radical (unpaired) electrons. The number of halogens is 1. The van der Waals surface area contributed by atoms with E-state index in [0.717, 1.165) is 82.0 Å². The van der Waals surface area contributed by atoms with Gasteiger partial charge < -0.3 is 9.73 Å². The van der Waals surface area contributed by atoms with Crippen LogP contribution < -0.4 is 5.32 Å². The number of piperidine rings is 2. The summed E-state index contributed by atoms with van der Waals surface area (Å²) in [6.45, 7) is 7.57.